The quantitative estimate of drug-likeness (QED) is 0.765. The zero-order chi connectivity index (χ0) is 16.2. The summed E-state index contributed by atoms with van der Waals surface area (Å²) in [6.45, 7) is 2.28. The number of carbonyl (C=O) groups is 2. The van der Waals surface area contributed by atoms with Crippen molar-refractivity contribution >= 4 is 12.0 Å². The third-order valence-corrected chi connectivity index (χ3v) is 3.30. The Morgan fingerprint density at radius 2 is 2.00 bits per heavy atom. The Hall–Kier alpha value is -2.15. The van der Waals surface area contributed by atoms with E-state index in [0.717, 1.165) is 6.92 Å². The molecule has 116 valence electrons. The van der Waals surface area contributed by atoms with Crippen LogP contribution in [0.4, 0.5) is 9.18 Å². The largest absolute Gasteiger partial charge is 0.479 e. The Bertz CT molecular complexity index is 533. The Labute approximate surface area is 122 Å². The molecule has 6 nitrogen and oxygen atoms in total. The summed E-state index contributed by atoms with van der Waals surface area (Å²) in [5.74, 6) is -1.87. The molecule has 0 aliphatic rings. The van der Waals surface area contributed by atoms with E-state index in [1.165, 1.54) is 18.0 Å². The topological polar surface area (TPSA) is 89.9 Å². The molecule has 0 fully saturated rings. The van der Waals surface area contributed by atoms with Gasteiger partial charge in [0.15, 0.2) is 5.60 Å². The third-order valence-electron chi connectivity index (χ3n) is 3.30. The van der Waals surface area contributed by atoms with Crippen LogP contribution in [-0.4, -0.2) is 46.3 Å². The molecule has 3 N–H and O–H groups in total. The second-order valence-electron chi connectivity index (χ2n) is 5.05. The summed E-state index contributed by atoms with van der Waals surface area (Å²) >= 11 is 0. The lowest BCUT2D eigenvalue weighted by Crippen LogP contribution is -2.49. The van der Waals surface area contributed by atoms with Gasteiger partial charge in [0.25, 0.3) is 0 Å². The summed E-state index contributed by atoms with van der Waals surface area (Å²) in [6, 6.07) is 4.93. The van der Waals surface area contributed by atoms with Crippen molar-refractivity contribution in [2.45, 2.75) is 25.5 Å². The van der Waals surface area contributed by atoms with Gasteiger partial charge in [-0.25, -0.2) is 14.0 Å². The van der Waals surface area contributed by atoms with E-state index in [1.54, 1.807) is 25.1 Å². The second-order valence-corrected chi connectivity index (χ2v) is 5.05. The van der Waals surface area contributed by atoms with E-state index >= 15 is 0 Å². The van der Waals surface area contributed by atoms with Crippen LogP contribution in [-0.2, 0) is 4.79 Å². The van der Waals surface area contributed by atoms with Gasteiger partial charge in [-0.3, -0.25) is 0 Å². The van der Waals surface area contributed by atoms with Crippen molar-refractivity contribution in [2.24, 2.45) is 0 Å². The Kier molecular flexibility index (Phi) is 5.26. The minimum absolute atomic E-state index is 0.347. The first kappa shape index (κ1) is 16.9. The predicted octanol–water partition coefficient (Wildman–Crippen LogP) is 1.36. The zero-order valence-electron chi connectivity index (χ0n) is 12.1. The van der Waals surface area contributed by atoms with Gasteiger partial charge in [-0.1, -0.05) is 18.2 Å². The molecule has 1 rings (SSSR count). The zero-order valence-corrected chi connectivity index (χ0v) is 12.1. The van der Waals surface area contributed by atoms with Crippen molar-refractivity contribution in [3.8, 4) is 0 Å². The van der Waals surface area contributed by atoms with Crippen LogP contribution in [0.2, 0.25) is 0 Å². The molecule has 7 heteroatoms. The highest BCUT2D eigenvalue weighted by molar-refractivity contribution is 5.79. The summed E-state index contributed by atoms with van der Waals surface area (Å²) in [7, 11) is 1.46. The van der Waals surface area contributed by atoms with E-state index in [9.17, 15) is 19.1 Å². The summed E-state index contributed by atoms with van der Waals surface area (Å²) in [5.41, 5.74) is -1.71. The van der Waals surface area contributed by atoms with Crippen LogP contribution in [0.15, 0.2) is 24.3 Å². The van der Waals surface area contributed by atoms with Gasteiger partial charge in [0.2, 0.25) is 0 Å². The molecule has 21 heavy (non-hydrogen) atoms. The number of halogens is 1. The van der Waals surface area contributed by atoms with Crippen LogP contribution in [0.25, 0.3) is 0 Å². The lowest BCUT2D eigenvalue weighted by atomic mass is 10.1. The average Bonchev–Trinajstić information content (AvgIpc) is 2.43. The normalized spacial score (nSPS) is 14.9. The standard InChI is InChI=1S/C14H19FN2O4/c1-9(10-6-4-5-7-11(10)15)17(3)13(20)16-8-14(2,21)12(18)19/h4-7,9,21H,8H2,1-3H3,(H,16,20)(H,18,19). The second kappa shape index (κ2) is 6.53. The molecule has 0 saturated carbocycles. The van der Waals surface area contributed by atoms with Crippen molar-refractivity contribution in [1.82, 2.24) is 10.2 Å². The molecule has 2 unspecified atom stereocenters. The van der Waals surface area contributed by atoms with Crippen LogP contribution in [0.3, 0.4) is 0 Å². The molecule has 0 radical (unpaired) electrons. The number of benzene rings is 1. The number of hydrogen-bond donors (Lipinski definition) is 3. The molecule has 0 aromatic heterocycles. The maximum absolute atomic E-state index is 13.7. The van der Waals surface area contributed by atoms with Gasteiger partial charge in [0.1, 0.15) is 5.82 Å². The number of nitrogens with zero attached hydrogens (tertiary/aromatic N) is 1. The molecule has 0 aliphatic carbocycles. The van der Waals surface area contributed by atoms with Gasteiger partial charge in [-0.2, -0.15) is 0 Å². The molecular formula is C14H19FN2O4. The molecule has 0 aliphatic heterocycles. The first-order valence-corrected chi connectivity index (χ1v) is 6.37. The highest BCUT2D eigenvalue weighted by Crippen LogP contribution is 2.21. The molecule has 2 amide bonds. The Morgan fingerprint density at radius 3 is 2.52 bits per heavy atom. The maximum atomic E-state index is 13.7. The summed E-state index contributed by atoms with van der Waals surface area (Å²) < 4.78 is 13.7. The van der Waals surface area contributed by atoms with Crippen molar-refractivity contribution in [3.05, 3.63) is 35.6 Å². The van der Waals surface area contributed by atoms with E-state index in [0.29, 0.717) is 5.56 Å². The molecule has 0 heterocycles. The van der Waals surface area contributed by atoms with E-state index in [2.05, 4.69) is 5.32 Å². The number of aliphatic hydroxyl groups is 1. The number of carboxylic acids is 1. The number of hydrogen-bond acceptors (Lipinski definition) is 3. The third kappa shape index (κ3) is 4.16. The number of rotatable bonds is 5. The van der Waals surface area contributed by atoms with Gasteiger partial charge in [0, 0.05) is 12.6 Å². The lowest BCUT2D eigenvalue weighted by molar-refractivity contribution is -0.155. The van der Waals surface area contributed by atoms with Crippen molar-refractivity contribution in [1.29, 1.82) is 0 Å². The number of amides is 2. The smallest absolute Gasteiger partial charge is 0.337 e. The van der Waals surface area contributed by atoms with Crippen LogP contribution in [0.5, 0.6) is 0 Å². The SMILES string of the molecule is CC(c1ccccc1F)N(C)C(=O)NCC(C)(O)C(=O)O. The average molecular weight is 298 g/mol. The van der Waals surface area contributed by atoms with Gasteiger partial charge < -0.3 is 20.4 Å². The highest BCUT2D eigenvalue weighted by Gasteiger charge is 2.31. The first-order chi connectivity index (χ1) is 9.66. The van der Waals surface area contributed by atoms with Crippen molar-refractivity contribution in [3.63, 3.8) is 0 Å². The fourth-order valence-corrected chi connectivity index (χ4v) is 1.65. The fourth-order valence-electron chi connectivity index (χ4n) is 1.65. The molecular weight excluding hydrogens is 279 g/mol. The molecule has 0 saturated heterocycles. The van der Waals surface area contributed by atoms with Gasteiger partial charge >= 0.3 is 12.0 Å². The Balaban J connectivity index is 2.71. The number of nitrogens with one attached hydrogen (secondary N) is 1. The number of aliphatic carboxylic acids is 1. The summed E-state index contributed by atoms with van der Waals surface area (Å²) in [6.07, 6.45) is 0. The van der Waals surface area contributed by atoms with E-state index in [-0.39, 0.29) is 0 Å². The minimum atomic E-state index is -2.06. The molecule has 1 aromatic rings. The monoisotopic (exact) mass is 298 g/mol. The highest BCUT2D eigenvalue weighted by atomic mass is 19.1. The molecule has 2 atom stereocenters. The van der Waals surface area contributed by atoms with E-state index in [1.807, 2.05) is 0 Å². The van der Waals surface area contributed by atoms with E-state index in [4.69, 9.17) is 5.11 Å². The van der Waals surface area contributed by atoms with Crippen LogP contribution in [0, 0.1) is 5.82 Å². The summed E-state index contributed by atoms with van der Waals surface area (Å²) in [5, 5.41) is 20.6. The molecule has 0 bridgehead atoms. The lowest BCUT2D eigenvalue weighted by Gasteiger charge is -2.27. The van der Waals surface area contributed by atoms with Gasteiger partial charge in [-0.15, -0.1) is 0 Å². The van der Waals surface area contributed by atoms with Crippen LogP contribution >= 0.6 is 0 Å². The van der Waals surface area contributed by atoms with Crippen LogP contribution < -0.4 is 5.32 Å². The van der Waals surface area contributed by atoms with Gasteiger partial charge in [0.05, 0.1) is 12.6 Å². The fraction of sp³-hybridized carbons (Fsp3) is 0.429. The van der Waals surface area contributed by atoms with Crippen molar-refractivity contribution in [2.75, 3.05) is 13.6 Å². The van der Waals surface area contributed by atoms with Gasteiger partial charge in [-0.05, 0) is 19.9 Å². The number of carboxylic acid groups (broad SMARTS) is 1. The molecule has 0 spiro atoms. The minimum Gasteiger partial charge on any atom is -0.479 e. The van der Waals surface area contributed by atoms with E-state index < -0.39 is 36.0 Å². The predicted molar refractivity (Wildman–Crippen MR) is 74.2 cm³/mol. The first-order valence-electron chi connectivity index (χ1n) is 6.37. The number of carbonyl (C=O) groups excluding carboxylic acids is 1. The van der Waals surface area contributed by atoms with Crippen LogP contribution in [0.1, 0.15) is 25.5 Å². The van der Waals surface area contributed by atoms with Crippen molar-refractivity contribution < 1.29 is 24.2 Å². The summed E-state index contributed by atoms with van der Waals surface area (Å²) in [4.78, 5) is 23.9. The Morgan fingerprint density at radius 1 is 1.43 bits per heavy atom. The maximum Gasteiger partial charge on any atom is 0.337 e. The number of urea groups is 1. The molecule has 1 aromatic carbocycles.